The Bertz CT molecular complexity index is 535. The van der Waals surface area contributed by atoms with E-state index in [1.54, 1.807) is 23.7 Å². The molecule has 0 aromatic carbocycles. The van der Waals surface area contributed by atoms with Gasteiger partial charge in [0.15, 0.2) is 4.34 Å². The van der Waals surface area contributed by atoms with Crippen LogP contribution in [0.25, 0.3) is 0 Å². The summed E-state index contributed by atoms with van der Waals surface area (Å²) in [5.74, 6) is 0.409. The predicted octanol–water partition coefficient (Wildman–Crippen LogP) is 2.56. The number of rotatable bonds is 5. The number of thiazole rings is 1. The summed E-state index contributed by atoms with van der Waals surface area (Å²) in [7, 11) is 0. The number of aryl methyl sites for hydroxylation is 2. The van der Waals surface area contributed by atoms with Crippen LogP contribution in [0.5, 0.6) is 0 Å². The van der Waals surface area contributed by atoms with Crippen molar-refractivity contribution >= 4 is 29.0 Å². The van der Waals surface area contributed by atoms with E-state index >= 15 is 0 Å². The second-order valence-electron chi connectivity index (χ2n) is 4.05. The van der Waals surface area contributed by atoms with Crippen LogP contribution in [0.4, 0.5) is 0 Å². The molecule has 4 nitrogen and oxygen atoms in total. The van der Waals surface area contributed by atoms with E-state index in [-0.39, 0.29) is 5.91 Å². The van der Waals surface area contributed by atoms with Crippen LogP contribution in [0.3, 0.4) is 0 Å². The van der Waals surface area contributed by atoms with Gasteiger partial charge in [-0.15, -0.1) is 11.3 Å². The highest BCUT2D eigenvalue weighted by molar-refractivity contribution is 8.01. The molecule has 2 aromatic rings. The molecule has 0 radical (unpaired) electrons. The first-order valence-electron chi connectivity index (χ1n) is 5.87. The lowest BCUT2D eigenvalue weighted by Gasteiger charge is -2.03. The third-order valence-corrected chi connectivity index (χ3v) is 4.76. The summed E-state index contributed by atoms with van der Waals surface area (Å²) in [6, 6.07) is 3.80. The van der Waals surface area contributed by atoms with Gasteiger partial charge in [0.25, 0.3) is 0 Å². The fourth-order valence-corrected chi connectivity index (χ4v) is 3.37. The Morgan fingerprint density at radius 3 is 2.95 bits per heavy atom. The molecule has 19 heavy (non-hydrogen) atoms. The van der Waals surface area contributed by atoms with Crippen molar-refractivity contribution in [3.05, 3.63) is 40.7 Å². The highest BCUT2D eigenvalue weighted by Crippen LogP contribution is 2.26. The van der Waals surface area contributed by atoms with Gasteiger partial charge in [-0.25, -0.2) is 4.98 Å². The first-order chi connectivity index (χ1) is 9.15. The van der Waals surface area contributed by atoms with Crippen molar-refractivity contribution < 1.29 is 4.79 Å². The normalized spacial score (nSPS) is 10.4. The summed E-state index contributed by atoms with van der Waals surface area (Å²) in [6.07, 6.45) is 3.47. The number of carbonyl (C=O) groups is 1. The summed E-state index contributed by atoms with van der Waals surface area (Å²) < 4.78 is 0.950. The van der Waals surface area contributed by atoms with Gasteiger partial charge in [-0.1, -0.05) is 17.8 Å². The summed E-state index contributed by atoms with van der Waals surface area (Å²) in [6.45, 7) is 4.54. The SMILES string of the molecule is Cc1nc(SCC(=O)NCc2cccnc2)sc1C. The maximum Gasteiger partial charge on any atom is 0.230 e. The number of nitrogens with zero attached hydrogens (tertiary/aromatic N) is 2. The molecule has 2 heterocycles. The van der Waals surface area contributed by atoms with Crippen molar-refractivity contribution in [1.82, 2.24) is 15.3 Å². The van der Waals surface area contributed by atoms with Crippen LogP contribution in [-0.4, -0.2) is 21.6 Å². The fourth-order valence-electron chi connectivity index (χ4n) is 1.39. The number of carbonyl (C=O) groups excluding carboxylic acids is 1. The Labute approximate surface area is 120 Å². The molecule has 2 rings (SSSR count). The van der Waals surface area contributed by atoms with Crippen LogP contribution in [0, 0.1) is 13.8 Å². The van der Waals surface area contributed by atoms with Crippen LogP contribution < -0.4 is 5.32 Å². The Morgan fingerprint density at radius 1 is 1.47 bits per heavy atom. The van der Waals surface area contributed by atoms with E-state index in [0.717, 1.165) is 15.6 Å². The molecular weight excluding hydrogens is 278 g/mol. The molecule has 0 bridgehead atoms. The lowest BCUT2D eigenvalue weighted by molar-refractivity contribution is -0.118. The summed E-state index contributed by atoms with van der Waals surface area (Å²) >= 11 is 3.11. The zero-order valence-corrected chi connectivity index (χ0v) is 12.5. The first kappa shape index (κ1) is 14.0. The standard InChI is InChI=1S/C13H15N3OS2/c1-9-10(2)19-13(16-9)18-8-12(17)15-7-11-4-3-5-14-6-11/h3-6H,7-8H2,1-2H3,(H,15,17). The molecule has 0 atom stereocenters. The Hall–Kier alpha value is -1.40. The van der Waals surface area contributed by atoms with Crippen molar-refractivity contribution in [2.75, 3.05) is 5.75 Å². The number of amides is 1. The number of thioether (sulfide) groups is 1. The van der Waals surface area contributed by atoms with E-state index in [1.807, 2.05) is 26.0 Å². The Balaban J connectivity index is 1.76. The lowest BCUT2D eigenvalue weighted by Crippen LogP contribution is -2.24. The third-order valence-electron chi connectivity index (χ3n) is 2.55. The second kappa shape index (κ2) is 6.68. The van der Waals surface area contributed by atoms with Crippen molar-refractivity contribution in [1.29, 1.82) is 0 Å². The molecule has 0 saturated heterocycles. The maximum absolute atomic E-state index is 11.7. The molecule has 0 saturated carbocycles. The highest BCUT2D eigenvalue weighted by Gasteiger charge is 2.07. The van der Waals surface area contributed by atoms with Crippen LogP contribution in [-0.2, 0) is 11.3 Å². The van der Waals surface area contributed by atoms with E-state index in [9.17, 15) is 4.79 Å². The minimum atomic E-state index is 0.0133. The Kier molecular flexibility index (Phi) is 4.93. The second-order valence-corrected chi connectivity index (χ2v) is 6.47. The van der Waals surface area contributed by atoms with Gasteiger partial charge in [0.1, 0.15) is 0 Å². The largest absolute Gasteiger partial charge is 0.351 e. The molecule has 1 N–H and O–H groups in total. The number of aromatic nitrogens is 2. The van der Waals surface area contributed by atoms with E-state index < -0.39 is 0 Å². The van der Waals surface area contributed by atoms with E-state index in [0.29, 0.717) is 12.3 Å². The van der Waals surface area contributed by atoms with Gasteiger partial charge in [0, 0.05) is 23.8 Å². The topological polar surface area (TPSA) is 54.9 Å². The maximum atomic E-state index is 11.7. The molecule has 0 spiro atoms. The van der Waals surface area contributed by atoms with Gasteiger partial charge in [-0.05, 0) is 25.5 Å². The van der Waals surface area contributed by atoms with Crippen LogP contribution in [0.2, 0.25) is 0 Å². The van der Waals surface area contributed by atoms with Gasteiger partial charge in [-0.3, -0.25) is 9.78 Å². The monoisotopic (exact) mass is 293 g/mol. The molecule has 0 unspecified atom stereocenters. The number of pyridine rings is 1. The smallest absolute Gasteiger partial charge is 0.230 e. The average Bonchev–Trinajstić information content (AvgIpc) is 2.74. The molecular formula is C13H15N3OS2. The number of hydrogen-bond donors (Lipinski definition) is 1. The summed E-state index contributed by atoms with van der Waals surface area (Å²) in [5.41, 5.74) is 2.05. The predicted molar refractivity (Wildman–Crippen MR) is 78.4 cm³/mol. The highest BCUT2D eigenvalue weighted by atomic mass is 32.2. The molecule has 0 fully saturated rings. The van der Waals surface area contributed by atoms with Crippen molar-refractivity contribution in [2.24, 2.45) is 0 Å². The molecule has 1 amide bonds. The van der Waals surface area contributed by atoms with Crippen LogP contribution >= 0.6 is 23.1 Å². The van der Waals surface area contributed by atoms with Crippen molar-refractivity contribution in [3.63, 3.8) is 0 Å². The lowest BCUT2D eigenvalue weighted by atomic mass is 10.3. The average molecular weight is 293 g/mol. The minimum absolute atomic E-state index is 0.0133. The van der Waals surface area contributed by atoms with Crippen molar-refractivity contribution in [2.45, 2.75) is 24.7 Å². The van der Waals surface area contributed by atoms with E-state index in [1.165, 1.54) is 16.6 Å². The summed E-state index contributed by atoms with van der Waals surface area (Å²) in [5, 5.41) is 2.87. The molecule has 0 aliphatic rings. The van der Waals surface area contributed by atoms with Gasteiger partial charge in [0.05, 0.1) is 11.4 Å². The van der Waals surface area contributed by atoms with Gasteiger partial charge in [0.2, 0.25) is 5.91 Å². The van der Waals surface area contributed by atoms with Gasteiger partial charge in [-0.2, -0.15) is 0 Å². The first-order valence-corrected chi connectivity index (χ1v) is 7.68. The fraction of sp³-hybridized carbons (Fsp3) is 0.308. The molecule has 2 aromatic heterocycles. The molecule has 0 aliphatic carbocycles. The molecule has 0 aliphatic heterocycles. The van der Waals surface area contributed by atoms with E-state index in [4.69, 9.17) is 0 Å². The van der Waals surface area contributed by atoms with E-state index in [2.05, 4.69) is 15.3 Å². The quantitative estimate of drug-likeness (QED) is 0.861. The van der Waals surface area contributed by atoms with Gasteiger partial charge < -0.3 is 5.32 Å². The van der Waals surface area contributed by atoms with Gasteiger partial charge >= 0.3 is 0 Å². The third kappa shape index (κ3) is 4.33. The zero-order chi connectivity index (χ0) is 13.7. The number of nitrogens with one attached hydrogen (secondary N) is 1. The Morgan fingerprint density at radius 2 is 2.32 bits per heavy atom. The molecule has 6 heteroatoms. The molecule has 100 valence electrons. The van der Waals surface area contributed by atoms with Crippen LogP contribution in [0.15, 0.2) is 28.9 Å². The van der Waals surface area contributed by atoms with Crippen LogP contribution in [0.1, 0.15) is 16.1 Å². The minimum Gasteiger partial charge on any atom is -0.351 e. The number of hydrogen-bond acceptors (Lipinski definition) is 5. The van der Waals surface area contributed by atoms with Crippen molar-refractivity contribution in [3.8, 4) is 0 Å². The zero-order valence-electron chi connectivity index (χ0n) is 10.8. The summed E-state index contributed by atoms with van der Waals surface area (Å²) in [4.78, 5) is 21.3.